The minimum atomic E-state index is 0.455. The molecule has 0 atom stereocenters. The highest BCUT2D eigenvalue weighted by atomic mass is 32.1. The molecule has 0 fully saturated rings. The molecule has 0 saturated carbocycles. The number of H-pyrrole nitrogens is 1. The number of aromatic amines is 1. The Morgan fingerprint density at radius 1 is 1.47 bits per heavy atom. The monoisotopic (exact) mass is 276 g/mol. The highest BCUT2D eigenvalue weighted by Gasteiger charge is 2.02. The lowest BCUT2D eigenvalue weighted by molar-refractivity contribution is 0.270. The van der Waals surface area contributed by atoms with Gasteiger partial charge in [-0.25, -0.2) is 0 Å². The van der Waals surface area contributed by atoms with Gasteiger partial charge in [0.05, 0.1) is 12.8 Å². The van der Waals surface area contributed by atoms with Crippen LogP contribution in [0.4, 0.5) is 0 Å². The van der Waals surface area contributed by atoms with E-state index in [-0.39, 0.29) is 0 Å². The summed E-state index contributed by atoms with van der Waals surface area (Å²) >= 11 is 5.02. The first-order valence-electron chi connectivity index (χ1n) is 6.05. The first-order valence-corrected chi connectivity index (χ1v) is 6.46. The van der Waals surface area contributed by atoms with Crippen molar-refractivity contribution in [3.63, 3.8) is 0 Å². The molecule has 2 aromatic rings. The van der Waals surface area contributed by atoms with E-state index in [0.29, 0.717) is 17.3 Å². The minimum absolute atomic E-state index is 0.455. The van der Waals surface area contributed by atoms with Crippen molar-refractivity contribution in [1.29, 1.82) is 0 Å². The van der Waals surface area contributed by atoms with Crippen molar-refractivity contribution in [2.75, 3.05) is 6.61 Å². The maximum Gasteiger partial charge on any atom is 0.216 e. The summed E-state index contributed by atoms with van der Waals surface area (Å²) < 4.78 is 7.70. The quantitative estimate of drug-likeness (QED) is 0.675. The van der Waals surface area contributed by atoms with Crippen LogP contribution in [0.25, 0.3) is 0 Å². The van der Waals surface area contributed by atoms with Gasteiger partial charge < -0.3 is 4.74 Å². The van der Waals surface area contributed by atoms with Gasteiger partial charge in [0.1, 0.15) is 12.1 Å². The molecule has 0 radical (unpaired) electrons. The van der Waals surface area contributed by atoms with Crippen molar-refractivity contribution in [3.8, 4) is 5.75 Å². The summed E-state index contributed by atoms with van der Waals surface area (Å²) in [5.74, 6) is 1.29. The molecule has 0 amide bonds. The van der Waals surface area contributed by atoms with Crippen LogP contribution in [0.3, 0.4) is 0 Å². The van der Waals surface area contributed by atoms with Gasteiger partial charge in [-0.15, -0.1) is 0 Å². The molecule has 5 nitrogen and oxygen atoms in total. The van der Waals surface area contributed by atoms with Crippen LogP contribution < -0.4 is 4.74 Å². The molecule has 0 unspecified atom stereocenters. The number of rotatable bonds is 5. The second kappa shape index (κ2) is 6.29. The van der Waals surface area contributed by atoms with Crippen LogP contribution >= 0.6 is 12.2 Å². The maximum atomic E-state index is 5.75. The molecular formula is C13H16N4OS. The third-order valence-corrected chi connectivity index (χ3v) is 2.63. The lowest BCUT2D eigenvalue weighted by Crippen LogP contribution is -2.06. The summed E-state index contributed by atoms with van der Waals surface area (Å²) in [6.45, 7) is 4.90. The van der Waals surface area contributed by atoms with E-state index in [9.17, 15) is 0 Å². The van der Waals surface area contributed by atoms with Gasteiger partial charge in [0.15, 0.2) is 0 Å². The Balaban J connectivity index is 2.18. The van der Waals surface area contributed by atoms with Crippen LogP contribution in [-0.4, -0.2) is 27.7 Å². The molecule has 0 aliphatic rings. The number of benzene rings is 1. The maximum absolute atomic E-state index is 5.75. The average Bonchev–Trinajstić information content (AvgIpc) is 2.80. The molecule has 2 rings (SSSR count). The zero-order chi connectivity index (χ0) is 13.7. The number of para-hydroxylation sites is 1. The summed E-state index contributed by atoms with van der Waals surface area (Å²) in [6, 6.07) is 7.76. The summed E-state index contributed by atoms with van der Waals surface area (Å²) in [4.78, 5) is 0. The molecule has 0 bridgehead atoms. The van der Waals surface area contributed by atoms with Crippen molar-refractivity contribution in [1.82, 2.24) is 14.9 Å². The molecular weight excluding hydrogens is 260 g/mol. The van der Waals surface area contributed by atoms with E-state index < -0.39 is 0 Å². The largest absolute Gasteiger partial charge is 0.493 e. The summed E-state index contributed by atoms with van der Waals surface area (Å²) in [6.07, 6.45) is 3.23. The van der Waals surface area contributed by atoms with E-state index in [1.165, 1.54) is 11.0 Å². The molecule has 100 valence electrons. The highest BCUT2D eigenvalue weighted by Crippen LogP contribution is 2.16. The number of aromatic nitrogens is 3. The second-order valence-corrected chi connectivity index (χ2v) is 4.88. The molecule has 1 heterocycles. The Morgan fingerprint density at radius 2 is 2.26 bits per heavy atom. The normalized spacial score (nSPS) is 11.3. The van der Waals surface area contributed by atoms with Crippen LogP contribution in [0.2, 0.25) is 0 Å². The van der Waals surface area contributed by atoms with Crippen LogP contribution in [-0.2, 0) is 0 Å². The molecule has 0 aliphatic carbocycles. The van der Waals surface area contributed by atoms with Gasteiger partial charge in [0.2, 0.25) is 4.77 Å². The molecule has 0 spiro atoms. The van der Waals surface area contributed by atoms with Gasteiger partial charge in [-0.3, -0.25) is 5.10 Å². The van der Waals surface area contributed by atoms with Gasteiger partial charge in [-0.05, 0) is 30.3 Å². The van der Waals surface area contributed by atoms with Crippen LogP contribution in [0, 0.1) is 10.7 Å². The fourth-order valence-electron chi connectivity index (χ4n) is 1.42. The lowest BCUT2D eigenvalue weighted by Gasteiger charge is -2.10. The zero-order valence-corrected chi connectivity index (χ0v) is 11.7. The number of nitrogens with one attached hydrogen (secondary N) is 1. The van der Waals surface area contributed by atoms with Gasteiger partial charge in [-0.2, -0.15) is 14.9 Å². The molecule has 0 saturated heterocycles. The summed E-state index contributed by atoms with van der Waals surface area (Å²) in [5, 5.41) is 10.7. The van der Waals surface area contributed by atoms with E-state index in [1.807, 2.05) is 24.3 Å². The van der Waals surface area contributed by atoms with Crippen LogP contribution in [0.5, 0.6) is 5.75 Å². The SMILES string of the molecule is CC(C)COc1ccccc1/C=N\n1cn[nH]c1=S. The van der Waals surface area contributed by atoms with Gasteiger partial charge in [-0.1, -0.05) is 26.0 Å². The second-order valence-electron chi connectivity index (χ2n) is 4.49. The number of ether oxygens (including phenoxy) is 1. The average molecular weight is 276 g/mol. The number of hydrogen-bond acceptors (Lipinski definition) is 4. The van der Waals surface area contributed by atoms with Crippen molar-refractivity contribution < 1.29 is 4.74 Å². The van der Waals surface area contributed by atoms with Crippen molar-refractivity contribution in [2.24, 2.45) is 11.0 Å². The van der Waals surface area contributed by atoms with Crippen LogP contribution in [0.1, 0.15) is 19.4 Å². The Labute approximate surface area is 116 Å². The summed E-state index contributed by atoms with van der Waals surface area (Å²) in [7, 11) is 0. The van der Waals surface area contributed by atoms with Crippen molar-refractivity contribution >= 4 is 18.4 Å². The molecule has 0 aliphatic heterocycles. The zero-order valence-electron chi connectivity index (χ0n) is 10.9. The third-order valence-electron chi connectivity index (χ3n) is 2.35. The Kier molecular flexibility index (Phi) is 4.46. The van der Waals surface area contributed by atoms with E-state index >= 15 is 0 Å². The topological polar surface area (TPSA) is 55.2 Å². The van der Waals surface area contributed by atoms with Crippen molar-refractivity contribution in [2.45, 2.75) is 13.8 Å². The predicted molar refractivity (Wildman–Crippen MR) is 77.2 cm³/mol. The van der Waals surface area contributed by atoms with Gasteiger partial charge in [0, 0.05) is 5.56 Å². The highest BCUT2D eigenvalue weighted by molar-refractivity contribution is 7.71. The standard InChI is InChI=1S/C13H16N4OS/c1-10(2)8-18-12-6-4-3-5-11(12)7-15-17-9-14-16-13(17)19/h3-7,9-10H,8H2,1-2H3,(H,16,19)/b15-7-. The number of hydrogen-bond donors (Lipinski definition) is 1. The molecule has 1 aromatic heterocycles. The lowest BCUT2D eigenvalue weighted by atomic mass is 10.2. The van der Waals surface area contributed by atoms with Gasteiger partial charge >= 0.3 is 0 Å². The van der Waals surface area contributed by atoms with E-state index in [4.69, 9.17) is 17.0 Å². The fraction of sp³-hybridized carbons (Fsp3) is 0.308. The summed E-state index contributed by atoms with van der Waals surface area (Å²) in [5.41, 5.74) is 0.909. The molecule has 6 heteroatoms. The smallest absolute Gasteiger partial charge is 0.216 e. The third kappa shape index (κ3) is 3.75. The molecule has 1 N–H and O–H groups in total. The minimum Gasteiger partial charge on any atom is -0.493 e. The van der Waals surface area contributed by atoms with Crippen LogP contribution in [0.15, 0.2) is 35.7 Å². The van der Waals surface area contributed by atoms with E-state index in [1.54, 1.807) is 6.21 Å². The number of nitrogens with zero attached hydrogens (tertiary/aromatic N) is 3. The first kappa shape index (κ1) is 13.5. The Hall–Kier alpha value is -1.95. The molecule has 19 heavy (non-hydrogen) atoms. The Bertz CT molecular complexity index is 615. The van der Waals surface area contributed by atoms with Crippen molar-refractivity contribution in [3.05, 3.63) is 40.9 Å². The van der Waals surface area contributed by atoms with E-state index in [0.717, 1.165) is 11.3 Å². The molecule has 1 aromatic carbocycles. The Morgan fingerprint density at radius 3 is 2.95 bits per heavy atom. The van der Waals surface area contributed by atoms with E-state index in [2.05, 4.69) is 29.1 Å². The first-order chi connectivity index (χ1) is 9.16. The fourth-order valence-corrected chi connectivity index (χ4v) is 1.57. The predicted octanol–water partition coefficient (Wildman–Crippen LogP) is 2.86. The van der Waals surface area contributed by atoms with Gasteiger partial charge in [0.25, 0.3) is 0 Å².